The molecule has 0 bridgehead atoms. The van der Waals surface area contributed by atoms with Gasteiger partial charge in [0.2, 0.25) is 5.89 Å². The molecular formula is C15H13F2N5O2. The molecule has 3 aromatic rings. The molecule has 4 rings (SSSR count). The van der Waals surface area contributed by atoms with Crippen molar-refractivity contribution < 1.29 is 18.1 Å². The second-order valence-electron chi connectivity index (χ2n) is 5.81. The van der Waals surface area contributed by atoms with Crippen molar-refractivity contribution in [2.45, 2.75) is 25.3 Å². The standard InChI is InChI=1S/C15H13F2N5O2/c1-8-18-13(24-21-8)11-6-15(16,17)7-22(11)14(23)12-9-4-2-3-5-10(9)19-20-12/h2-5,11H,6-7H2,1H3,(H,19,20)/t11-/m0/s1. The molecule has 7 nitrogen and oxygen atoms in total. The highest BCUT2D eigenvalue weighted by Crippen LogP contribution is 2.41. The van der Waals surface area contributed by atoms with Crippen molar-refractivity contribution in [1.82, 2.24) is 25.2 Å². The summed E-state index contributed by atoms with van der Waals surface area (Å²) in [6, 6.07) is 6.06. The Morgan fingerprint density at radius 2 is 2.21 bits per heavy atom. The molecule has 1 amide bonds. The van der Waals surface area contributed by atoms with E-state index in [1.165, 1.54) is 0 Å². The highest BCUT2D eigenvalue weighted by Gasteiger charge is 2.50. The molecule has 1 fully saturated rings. The van der Waals surface area contributed by atoms with Crippen molar-refractivity contribution >= 4 is 16.8 Å². The average Bonchev–Trinajstić information content (AvgIpc) is 3.23. The first-order valence-corrected chi connectivity index (χ1v) is 7.37. The predicted octanol–water partition coefficient (Wildman–Crippen LogP) is 2.48. The van der Waals surface area contributed by atoms with Gasteiger partial charge >= 0.3 is 0 Å². The van der Waals surface area contributed by atoms with Gasteiger partial charge < -0.3 is 9.42 Å². The highest BCUT2D eigenvalue weighted by atomic mass is 19.3. The lowest BCUT2D eigenvalue weighted by Crippen LogP contribution is -2.33. The highest BCUT2D eigenvalue weighted by molar-refractivity contribution is 6.04. The number of halogens is 2. The maximum atomic E-state index is 13.9. The number of benzene rings is 1. The first kappa shape index (κ1) is 14.7. The van der Waals surface area contributed by atoms with E-state index in [4.69, 9.17) is 4.52 Å². The van der Waals surface area contributed by atoms with Gasteiger partial charge in [-0.05, 0) is 13.0 Å². The zero-order valence-electron chi connectivity index (χ0n) is 12.7. The van der Waals surface area contributed by atoms with E-state index in [-0.39, 0.29) is 11.6 Å². The van der Waals surface area contributed by atoms with Crippen LogP contribution in [0.2, 0.25) is 0 Å². The summed E-state index contributed by atoms with van der Waals surface area (Å²) >= 11 is 0. The van der Waals surface area contributed by atoms with Crippen molar-refractivity contribution in [3.8, 4) is 0 Å². The summed E-state index contributed by atoms with van der Waals surface area (Å²) in [6.45, 7) is 0.882. The van der Waals surface area contributed by atoms with Crippen LogP contribution in [0.1, 0.15) is 34.7 Å². The molecule has 0 unspecified atom stereocenters. The van der Waals surface area contributed by atoms with Gasteiger partial charge in [0.15, 0.2) is 11.5 Å². The first-order valence-electron chi connectivity index (χ1n) is 7.37. The largest absolute Gasteiger partial charge is 0.337 e. The minimum Gasteiger partial charge on any atom is -0.337 e. The number of aryl methyl sites for hydroxylation is 1. The van der Waals surface area contributed by atoms with Gasteiger partial charge in [0.25, 0.3) is 11.8 Å². The fourth-order valence-corrected chi connectivity index (χ4v) is 2.96. The van der Waals surface area contributed by atoms with Gasteiger partial charge in [0, 0.05) is 11.8 Å². The van der Waals surface area contributed by atoms with E-state index in [0.29, 0.717) is 16.7 Å². The summed E-state index contributed by atoms with van der Waals surface area (Å²) in [5.41, 5.74) is 0.765. The molecule has 0 aliphatic carbocycles. The molecule has 1 atom stereocenters. The maximum Gasteiger partial charge on any atom is 0.275 e. The Kier molecular flexibility index (Phi) is 3.12. The zero-order chi connectivity index (χ0) is 16.9. The van der Waals surface area contributed by atoms with Gasteiger partial charge in [-0.15, -0.1) is 0 Å². The Morgan fingerprint density at radius 3 is 2.96 bits per heavy atom. The topological polar surface area (TPSA) is 87.9 Å². The SMILES string of the molecule is Cc1noc([C@@H]2CC(F)(F)CN2C(=O)c2n[nH]c3ccccc23)n1. The van der Waals surface area contributed by atoms with E-state index < -0.39 is 30.8 Å². The van der Waals surface area contributed by atoms with Gasteiger partial charge in [-0.25, -0.2) is 8.78 Å². The Morgan fingerprint density at radius 1 is 1.42 bits per heavy atom. The molecule has 2 aromatic heterocycles. The molecule has 1 aliphatic rings. The third-order valence-corrected chi connectivity index (χ3v) is 4.03. The Bertz CT molecular complexity index is 919. The number of hydrogen-bond donors (Lipinski definition) is 1. The molecule has 9 heteroatoms. The average molecular weight is 333 g/mol. The van der Waals surface area contributed by atoms with Crippen molar-refractivity contribution in [3.63, 3.8) is 0 Å². The molecule has 0 radical (unpaired) electrons. The lowest BCUT2D eigenvalue weighted by Gasteiger charge is -2.20. The van der Waals surface area contributed by atoms with Crippen LogP contribution in [0.4, 0.5) is 8.78 Å². The number of fused-ring (bicyclic) bond motifs is 1. The lowest BCUT2D eigenvalue weighted by atomic mass is 10.1. The number of nitrogens with zero attached hydrogens (tertiary/aromatic N) is 4. The quantitative estimate of drug-likeness (QED) is 0.778. The van der Waals surface area contributed by atoms with Crippen molar-refractivity contribution in [2.24, 2.45) is 0 Å². The number of rotatable bonds is 2. The molecule has 3 heterocycles. The first-order chi connectivity index (χ1) is 11.4. The number of para-hydroxylation sites is 1. The number of hydrogen-bond acceptors (Lipinski definition) is 5. The second kappa shape index (κ2) is 5.08. The van der Waals surface area contributed by atoms with E-state index in [2.05, 4.69) is 20.3 Å². The summed E-state index contributed by atoms with van der Waals surface area (Å²) in [5, 5.41) is 10.9. The number of carbonyl (C=O) groups is 1. The van der Waals surface area contributed by atoms with Crippen LogP contribution >= 0.6 is 0 Å². The summed E-state index contributed by atoms with van der Waals surface area (Å²) in [6.07, 6.45) is -0.553. The predicted molar refractivity (Wildman–Crippen MR) is 78.5 cm³/mol. The lowest BCUT2D eigenvalue weighted by molar-refractivity contribution is 0.0116. The van der Waals surface area contributed by atoms with E-state index in [0.717, 1.165) is 4.90 Å². The number of carbonyl (C=O) groups excluding carboxylic acids is 1. The van der Waals surface area contributed by atoms with E-state index in [1.807, 2.05) is 0 Å². The Hall–Kier alpha value is -2.84. The van der Waals surface area contributed by atoms with E-state index in [9.17, 15) is 13.6 Å². The van der Waals surface area contributed by atoms with Gasteiger partial charge in [-0.1, -0.05) is 23.4 Å². The van der Waals surface area contributed by atoms with Gasteiger partial charge in [-0.3, -0.25) is 9.89 Å². The summed E-state index contributed by atoms with van der Waals surface area (Å²) in [4.78, 5) is 17.9. The number of nitrogens with one attached hydrogen (secondary N) is 1. The number of aromatic nitrogens is 4. The maximum absolute atomic E-state index is 13.9. The molecule has 1 aromatic carbocycles. The monoisotopic (exact) mass is 333 g/mol. The van der Waals surface area contributed by atoms with Crippen molar-refractivity contribution in [3.05, 3.63) is 41.7 Å². The fourth-order valence-electron chi connectivity index (χ4n) is 2.96. The van der Waals surface area contributed by atoms with E-state index >= 15 is 0 Å². The molecular weight excluding hydrogens is 320 g/mol. The number of H-pyrrole nitrogens is 1. The van der Waals surface area contributed by atoms with Crippen molar-refractivity contribution in [2.75, 3.05) is 6.54 Å². The third-order valence-electron chi connectivity index (χ3n) is 4.03. The van der Waals surface area contributed by atoms with Crippen LogP contribution in [-0.2, 0) is 0 Å². The molecule has 1 N–H and O–H groups in total. The number of aromatic amines is 1. The Labute approximate surface area is 134 Å². The van der Waals surface area contributed by atoms with Crippen molar-refractivity contribution in [1.29, 1.82) is 0 Å². The van der Waals surface area contributed by atoms with Crippen LogP contribution in [0.15, 0.2) is 28.8 Å². The number of likely N-dealkylation sites (tertiary alicyclic amines) is 1. The molecule has 1 aliphatic heterocycles. The van der Waals surface area contributed by atoms with Crippen LogP contribution in [0.5, 0.6) is 0 Å². The molecule has 24 heavy (non-hydrogen) atoms. The van der Waals surface area contributed by atoms with Gasteiger partial charge in [0.05, 0.1) is 12.1 Å². The summed E-state index contributed by atoms with van der Waals surface area (Å²) in [7, 11) is 0. The molecule has 0 saturated carbocycles. The van der Waals surface area contributed by atoms with Crippen LogP contribution in [-0.4, -0.2) is 43.6 Å². The summed E-state index contributed by atoms with van der Waals surface area (Å²) < 4.78 is 32.9. The van der Waals surface area contributed by atoms with E-state index in [1.54, 1.807) is 31.2 Å². The molecule has 0 spiro atoms. The minimum absolute atomic E-state index is 0.0119. The smallest absolute Gasteiger partial charge is 0.275 e. The Balaban J connectivity index is 1.74. The minimum atomic E-state index is -3.02. The normalized spacial score (nSPS) is 20.0. The summed E-state index contributed by atoms with van der Waals surface area (Å²) in [5.74, 6) is -3.27. The number of amides is 1. The second-order valence-corrected chi connectivity index (χ2v) is 5.81. The van der Waals surface area contributed by atoms with Crippen LogP contribution in [0.25, 0.3) is 10.9 Å². The third kappa shape index (κ3) is 2.32. The van der Waals surface area contributed by atoms with Gasteiger partial charge in [-0.2, -0.15) is 10.1 Å². The van der Waals surface area contributed by atoms with Gasteiger partial charge in [0.1, 0.15) is 6.04 Å². The van der Waals surface area contributed by atoms with Crippen LogP contribution in [0, 0.1) is 6.92 Å². The molecule has 1 saturated heterocycles. The fraction of sp³-hybridized carbons (Fsp3) is 0.333. The van der Waals surface area contributed by atoms with Crippen LogP contribution in [0.3, 0.4) is 0 Å². The van der Waals surface area contributed by atoms with Crippen LogP contribution < -0.4 is 0 Å². The molecule has 124 valence electrons. The zero-order valence-corrected chi connectivity index (χ0v) is 12.7. The number of alkyl halides is 2.